The van der Waals surface area contributed by atoms with Crippen LogP contribution in [0.1, 0.15) is 0 Å². The monoisotopic (exact) mass is 167 g/mol. The number of hydrogen-bond donors (Lipinski definition) is 2. The van der Waals surface area contributed by atoms with Gasteiger partial charge in [-0.15, -0.1) is 19.0 Å². The van der Waals surface area contributed by atoms with Gasteiger partial charge in [0, 0.05) is 6.54 Å². The van der Waals surface area contributed by atoms with Gasteiger partial charge in [-0.3, -0.25) is 4.84 Å². The van der Waals surface area contributed by atoms with Crippen LogP contribution in [-0.4, -0.2) is 24.2 Å². The van der Waals surface area contributed by atoms with E-state index in [0.717, 1.165) is 0 Å². The molecular formula is C5H10ClNO3. The molecule has 0 aromatic heterocycles. The number of carbonyl (C=O) groups is 1. The van der Waals surface area contributed by atoms with Crippen molar-refractivity contribution in [2.45, 2.75) is 0 Å². The Morgan fingerprint density at radius 3 is 2.80 bits per heavy atom. The molecule has 0 aromatic carbocycles. The number of carboxylic acid groups (broad SMARTS) is 1. The summed E-state index contributed by atoms with van der Waals surface area (Å²) < 4.78 is 0. The first-order chi connectivity index (χ1) is 4.27. The summed E-state index contributed by atoms with van der Waals surface area (Å²) in [6, 6.07) is 0. The van der Waals surface area contributed by atoms with Gasteiger partial charge >= 0.3 is 5.97 Å². The highest BCUT2D eigenvalue weighted by molar-refractivity contribution is 5.85. The molecule has 0 saturated carbocycles. The van der Waals surface area contributed by atoms with Crippen molar-refractivity contribution < 1.29 is 14.7 Å². The van der Waals surface area contributed by atoms with E-state index in [4.69, 9.17) is 5.11 Å². The summed E-state index contributed by atoms with van der Waals surface area (Å²) >= 11 is 0. The van der Waals surface area contributed by atoms with Crippen LogP contribution in [0.15, 0.2) is 12.7 Å². The summed E-state index contributed by atoms with van der Waals surface area (Å²) in [5.41, 5.74) is 2.37. The van der Waals surface area contributed by atoms with Crippen molar-refractivity contribution in [3.05, 3.63) is 12.7 Å². The highest BCUT2D eigenvalue weighted by Gasteiger charge is 1.92. The fraction of sp³-hybridized carbons (Fsp3) is 0.400. The molecular weight excluding hydrogens is 158 g/mol. The molecule has 4 nitrogen and oxygen atoms in total. The number of carboxylic acids is 1. The van der Waals surface area contributed by atoms with E-state index in [1.807, 2.05) is 0 Å². The molecule has 0 spiro atoms. The van der Waals surface area contributed by atoms with Gasteiger partial charge < -0.3 is 5.11 Å². The molecule has 0 aliphatic heterocycles. The summed E-state index contributed by atoms with van der Waals surface area (Å²) in [6.07, 6.45) is 1.57. The highest BCUT2D eigenvalue weighted by Crippen LogP contribution is 1.67. The van der Waals surface area contributed by atoms with Crippen LogP contribution in [0.3, 0.4) is 0 Å². The zero-order valence-corrected chi connectivity index (χ0v) is 6.19. The third-order valence-electron chi connectivity index (χ3n) is 0.525. The lowest BCUT2D eigenvalue weighted by Crippen LogP contribution is -2.19. The van der Waals surface area contributed by atoms with E-state index in [9.17, 15) is 4.79 Å². The van der Waals surface area contributed by atoms with Crippen molar-refractivity contribution in [3.8, 4) is 0 Å². The minimum Gasteiger partial charge on any atom is -0.479 e. The molecule has 0 saturated heterocycles. The third-order valence-corrected chi connectivity index (χ3v) is 0.525. The topological polar surface area (TPSA) is 58.6 Å². The van der Waals surface area contributed by atoms with Crippen molar-refractivity contribution in [2.75, 3.05) is 13.2 Å². The van der Waals surface area contributed by atoms with Crippen LogP contribution < -0.4 is 5.48 Å². The zero-order chi connectivity index (χ0) is 7.11. The molecule has 0 bridgehead atoms. The molecule has 0 amide bonds. The molecule has 0 rings (SSSR count). The number of nitrogens with one attached hydrogen (secondary N) is 1. The molecule has 5 heteroatoms. The molecule has 60 valence electrons. The van der Waals surface area contributed by atoms with E-state index in [2.05, 4.69) is 16.9 Å². The normalized spacial score (nSPS) is 8.00. The van der Waals surface area contributed by atoms with Crippen molar-refractivity contribution in [3.63, 3.8) is 0 Å². The Bertz CT molecular complexity index is 107. The molecule has 0 aromatic rings. The molecule has 0 aliphatic carbocycles. The second-order valence-corrected chi connectivity index (χ2v) is 1.32. The SMILES string of the molecule is C=CCNOCC(=O)O.Cl. The van der Waals surface area contributed by atoms with Gasteiger partial charge in [-0.1, -0.05) is 6.08 Å². The quantitative estimate of drug-likeness (QED) is 0.349. The van der Waals surface area contributed by atoms with Gasteiger partial charge in [-0.2, -0.15) is 5.48 Å². The fourth-order valence-corrected chi connectivity index (χ4v) is 0.231. The predicted octanol–water partition coefficient (Wildman–Crippen LogP) is 0.200. The Morgan fingerprint density at radius 2 is 2.40 bits per heavy atom. The maximum absolute atomic E-state index is 9.77. The molecule has 0 unspecified atom stereocenters. The van der Waals surface area contributed by atoms with E-state index in [1.165, 1.54) is 0 Å². The summed E-state index contributed by atoms with van der Waals surface area (Å²) in [6.45, 7) is 3.51. The Hall–Kier alpha value is -0.580. The van der Waals surface area contributed by atoms with Gasteiger partial charge in [-0.05, 0) is 0 Å². The standard InChI is InChI=1S/C5H9NO3.ClH/c1-2-3-6-9-4-5(7)8;/h2,6H,1,3-4H2,(H,7,8);1H. The van der Waals surface area contributed by atoms with Crippen LogP contribution >= 0.6 is 12.4 Å². The smallest absolute Gasteiger partial charge is 0.331 e. The lowest BCUT2D eigenvalue weighted by atomic mass is 10.7. The summed E-state index contributed by atoms with van der Waals surface area (Å²) in [7, 11) is 0. The summed E-state index contributed by atoms with van der Waals surface area (Å²) in [5, 5.41) is 8.02. The summed E-state index contributed by atoms with van der Waals surface area (Å²) in [5.74, 6) is -0.994. The molecule has 0 aliphatic rings. The Labute approximate surface area is 65.2 Å². The third kappa shape index (κ3) is 10.4. The molecule has 0 heterocycles. The highest BCUT2D eigenvalue weighted by atomic mass is 35.5. The van der Waals surface area contributed by atoms with E-state index in [0.29, 0.717) is 6.54 Å². The van der Waals surface area contributed by atoms with Crippen LogP contribution in [0.25, 0.3) is 0 Å². The number of aliphatic carboxylic acids is 1. The minimum atomic E-state index is -0.994. The predicted molar refractivity (Wildman–Crippen MR) is 39.0 cm³/mol. The van der Waals surface area contributed by atoms with E-state index in [1.54, 1.807) is 6.08 Å². The first-order valence-electron chi connectivity index (χ1n) is 2.44. The van der Waals surface area contributed by atoms with Crippen molar-refractivity contribution in [1.29, 1.82) is 0 Å². The second kappa shape index (κ2) is 8.42. The van der Waals surface area contributed by atoms with Crippen molar-refractivity contribution in [1.82, 2.24) is 5.48 Å². The minimum absolute atomic E-state index is 0. The number of hydroxylamine groups is 1. The first-order valence-corrected chi connectivity index (χ1v) is 2.44. The van der Waals surface area contributed by atoms with Gasteiger partial charge in [0.25, 0.3) is 0 Å². The van der Waals surface area contributed by atoms with Crippen LogP contribution in [0.4, 0.5) is 0 Å². The van der Waals surface area contributed by atoms with Crippen LogP contribution in [-0.2, 0) is 9.63 Å². The van der Waals surface area contributed by atoms with Gasteiger partial charge in [0.1, 0.15) is 0 Å². The number of halogens is 1. The maximum Gasteiger partial charge on any atom is 0.331 e. The molecule has 0 radical (unpaired) electrons. The van der Waals surface area contributed by atoms with E-state index in [-0.39, 0.29) is 19.0 Å². The average Bonchev–Trinajstić information content (AvgIpc) is 1.80. The Morgan fingerprint density at radius 1 is 1.80 bits per heavy atom. The lowest BCUT2D eigenvalue weighted by molar-refractivity contribution is -0.144. The molecule has 2 N–H and O–H groups in total. The molecule has 0 fully saturated rings. The van der Waals surface area contributed by atoms with Crippen LogP contribution in [0.2, 0.25) is 0 Å². The van der Waals surface area contributed by atoms with E-state index >= 15 is 0 Å². The van der Waals surface area contributed by atoms with Gasteiger partial charge in [-0.25, -0.2) is 4.79 Å². The average molecular weight is 168 g/mol. The van der Waals surface area contributed by atoms with E-state index < -0.39 is 5.97 Å². The number of hydrogen-bond acceptors (Lipinski definition) is 3. The summed E-state index contributed by atoms with van der Waals surface area (Å²) in [4.78, 5) is 14.2. The molecule has 0 atom stereocenters. The first kappa shape index (κ1) is 12.1. The van der Waals surface area contributed by atoms with Crippen molar-refractivity contribution >= 4 is 18.4 Å². The zero-order valence-electron chi connectivity index (χ0n) is 5.37. The van der Waals surface area contributed by atoms with Crippen molar-refractivity contribution in [2.24, 2.45) is 0 Å². The Kier molecular flexibility index (Phi) is 10.2. The molecule has 10 heavy (non-hydrogen) atoms. The van der Waals surface area contributed by atoms with Gasteiger partial charge in [0.2, 0.25) is 0 Å². The van der Waals surface area contributed by atoms with Crippen LogP contribution in [0, 0.1) is 0 Å². The second-order valence-electron chi connectivity index (χ2n) is 1.32. The number of rotatable bonds is 5. The lowest BCUT2D eigenvalue weighted by Gasteiger charge is -1.97. The maximum atomic E-state index is 9.77. The van der Waals surface area contributed by atoms with Gasteiger partial charge in [0.15, 0.2) is 6.61 Å². The largest absolute Gasteiger partial charge is 0.479 e. The van der Waals surface area contributed by atoms with Crippen LogP contribution in [0.5, 0.6) is 0 Å². The fourth-order valence-electron chi connectivity index (χ4n) is 0.231. The Balaban J connectivity index is 0. The van der Waals surface area contributed by atoms with Gasteiger partial charge in [0.05, 0.1) is 0 Å².